The number of piperazine rings is 1. The van der Waals surface area contributed by atoms with Crippen LogP contribution in [0.25, 0.3) is 22.2 Å². The van der Waals surface area contributed by atoms with E-state index in [1.807, 2.05) is 30.3 Å². The summed E-state index contributed by atoms with van der Waals surface area (Å²) in [6.07, 6.45) is 0. The highest BCUT2D eigenvalue weighted by Gasteiger charge is 2.34. The molecule has 176 valence electrons. The van der Waals surface area contributed by atoms with E-state index >= 15 is 0 Å². The van der Waals surface area contributed by atoms with Crippen molar-refractivity contribution in [2.24, 2.45) is 0 Å². The molecular formula is C27H24N4O4. The molecule has 3 aromatic carbocycles. The number of ketones is 1. The number of rotatable bonds is 4. The van der Waals surface area contributed by atoms with Crippen LogP contribution in [0.15, 0.2) is 59.1 Å². The molecule has 0 amide bonds. The number of nitrogens with zero attached hydrogens (tertiary/aromatic N) is 3. The zero-order valence-corrected chi connectivity index (χ0v) is 19.5. The van der Waals surface area contributed by atoms with Gasteiger partial charge in [0.1, 0.15) is 5.52 Å². The van der Waals surface area contributed by atoms with Gasteiger partial charge in [0.15, 0.2) is 11.5 Å². The average Bonchev–Trinajstić information content (AvgIpc) is 3.33. The highest BCUT2D eigenvalue weighted by Crippen LogP contribution is 2.46. The zero-order valence-electron chi connectivity index (χ0n) is 19.5. The van der Waals surface area contributed by atoms with Crippen LogP contribution in [0.3, 0.4) is 0 Å². The first-order valence-corrected chi connectivity index (χ1v) is 11.5. The van der Waals surface area contributed by atoms with E-state index in [2.05, 4.69) is 27.3 Å². The minimum atomic E-state index is -0.397. The topological polar surface area (TPSA) is 87.9 Å². The fourth-order valence-electron chi connectivity index (χ4n) is 4.89. The fraction of sp³-hybridized carbons (Fsp3) is 0.222. The number of ether oxygens (including phenoxy) is 1. The summed E-state index contributed by atoms with van der Waals surface area (Å²) in [5.74, 6) is 0.150. The molecule has 1 aliphatic carbocycles. The second-order valence-corrected chi connectivity index (χ2v) is 8.91. The number of anilines is 3. The Labute approximate surface area is 202 Å². The van der Waals surface area contributed by atoms with Gasteiger partial charge in [0.2, 0.25) is 0 Å². The maximum atomic E-state index is 13.7. The van der Waals surface area contributed by atoms with Gasteiger partial charge in [-0.2, -0.15) is 0 Å². The Morgan fingerprint density at radius 2 is 1.74 bits per heavy atom. The first-order chi connectivity index (χ1) is 17.0. The third kappa shape index (κ3) is 3.45. The molecule has 1 aliphatic heterocycles. The quantitative estimate of drug-likeness (QED) is 0.390. The SMILES string of the molecule is COC(=O)c1ccc(Nc2cc(N3CCN(C)CC3)c3noc4c3c2C(=O)c2ccccc2-4)cc1. The smallest absolute Gasteiger partial charge is 0.337 e. The van der Waals surface area contributed by atoms with Crippen molar-refractivity contribution >= 4 is 39.7 Å². The highest BCUT2D eigenvalue weighted by molar-refractivity contribution is 6.28. The van der Waals surface area contributed by atoms with Crippen LogP contribution in [0.5, 0.6) is 0 Å². The molecule has 8 heteroatoms. The van der Waals surface area contributed by atoms with Crippen molar-refractivity contribution in [3.8, 4) is 11.3 Å². The largest absolute Gasteiger partial charge is 0.465 e. The molecule has 0 spiro atoms. The van der Waals surface area contributed by atoms with Crippen LogP contribution in [-0.4, -0.2) is 62.1 Å². The first-order valence-electron chi connectivity index (χ1n) is 11.5. The monoisotopic (exact) mass is 468 g/mol. The van der Waals surface area contributed by atoms with E-state index in [0.29, 0.717) is 33.7 Å². The molecule has 6 rings (SSSR count). The standard InChI is InChI=1S/C27H24N4O4/c1-30-11-13-31(14-12-30)21-15-20(28-17-9-7-16(8-10-17)27(33)34-2)22-23-24(21)29-35-26(23)19-6-4-3-5-18(19)25(22)32/h3-10,15,28H,11-14H2,1-2H3. The number of aromatic nitrogens is 1. The molecule has 2 heterocycles. The summed E-state index contributed by atoms with van der Waals surface area (Å²) in [6, 6.07) is 16.5. The zero-order chi connectivity index (χ0) is 24.1. The lowest BCUT2D eigenvalue weighted by Crippen LogP contribution is -2.44. The predicted octanol–water partition coefficient (Wildman–Crippen LogP) is 4.32. The summed E-state index contributed by atoms with van der Waals surface area (Å²) in [6.45, 7) is 3.58. The van der Waals surface area contributed by atoms with Gasteiger partial charge in [-0.3, -0.25) is 4.79 Å². The van der Waals surface area contributed by atoms with E-state index in [9.17, 15) is 9.59 Å². The number of likely N-dealkylation sites (N-methyl/N-ethyl adjacent to an activating group) is 1. The molecule has 0 atom stereocenters. The summed E-state index contributed by atoms with van der Waals surface area (Å²) >= 11 is 0. The van der Waals surface area contributed by atoms with Crippen molar-refractivity contribution in [3.05, 3.63) is 71.3 Å². The highest BCUT2D eigenvalue weighted by atomic mass is 16.5. The number of carbonyl (C=O) groups excluding carboxylic acids is 2. The lowest BCUT2D eigenvalue weighted by Gasteiger charge is -2.34. The molecule has 0 radical (unpaired) electrons. The number of nitrogens with one attached hydrogen (secondary N) is 1. The van der Waals surface area contributed by atoms with Gasteiger partial charge in [-0.25, -0.2) is 4.79 Å². The van der Waals surface area contributed by atoms with Crippen molar-refractivity contribution < 1.29 is 18.8 Å². The molecule has 1 saturated heterocycles. The van der Waals surface area contributed by atoms with Gasteiger partial charge >= 0.3 is 5.97 Å². The second kappa shape index (κ2) is 8.25. The molecular weight excluding hydrogens is 444 g/mol. The van der Waals surface area contributed by atoms with Crippen LogP contribution < -0.4 is 10.2 Å². The molecule has 35 heavy (non-hydrogen) atoms. The number of esters is 1. The summed E-state index contributed by atoms with van der Waals surface area (Å²) < 4.78 is 10.7. The third-order valence-corrected chi connectivity index (χ3v) is 6.81. The number of benzene rings is 3. The Balaban J connectivity index is 1.52. The molecule has 1 N–H and O–H groups in total. The van der Waals surface area contributed by atoms with Crippen molar-refractivity contribution in [1.82, 2.24) is 10.1 Å². The summed E-state index contributed by atoms with van der Waals surface area (Å²) in [5, 5.41) is 8.60. The number of fused-ring (bicyclic) bond motifs is 2. The van der Waals surface area contributed by atoms with E-state index in [0.717, 1.165) is 48.5 Å². The van der Waals surface area contributed by atoms with E-state index < -0.39 is 5.97 Å². The second-order valence-electron chi connectivity index (χ2n) is 8.91. The maximum absolute atomic E-state index is 13.7. The van der Waals surface area contributed by atoms with Crippen molar-refractivity contribution in [2.45, 2.75) is 0 Å². The van der Waals surface area contributed by atoms with Crippen LogP contribution in [0.4, 0.5) is 17.1 Å². The average molecular weight is 469 g/mol. The molecule has 8 nitrogen and oxygen atoms in total. The summed E-state index contributed by atoms with van der Waals surface area (Å²) in [7, 11) is 3.47. The molecule has 0 unspecified atom stereocenters. The van der Waals surface area contributed by atoms with Crippen LogP contribution in [0, 0.1) is 0 Å². The Hall–Kier alpha value is -4.17. The van der Waals surface area contributed by atoms with Crippen LogP contribution in [0.1, 0.15) is 26.3 Å². The summed E-state index contributed by atoms with van der Waals surface area (Å²) in [5.41, 5.74) is 5.43. The van der Waals surface area contributed by atoms with Gasteiger partial charge in [-0.1, -0.05) is 29.4 Å². The van der Waals surface area contributed by atoms with Gasteiger partial charge < -0.3 is 24.4 Å². The maximum Gasteiger partial charge on any atom is 0.337 e. The van der Waals surface area contributed by atoms with Gasteiger partial charge in [0, 0.05) is 43.0 Å². The predicted molar refractivity (Wildman–Crippen MR) is 134 cm³/mol. The van der Waals surface area contributed by atoms with Crippen molar-refractivity contribution in [2.75, 3.05) is 50.6 Å². The molecule has 1 fully saturated rings. The van der Waals surface area contributed by atoms with Gasteiger partial charge in [-0.15, -0.1) is 0 Å². The normalized spacial score (nSPS) is 15.3. The Morgan fingerprint density at radius 3 is 2.46 bits per heavy atom. The van der Waals surface area contributed by atoms with Crippen LogP contribution >= 0.6 is 0 Å². The fourth-order valence-corrected chi connectivity index (χ4v) is 4.89. The minimum Gasteiger partial charge on any atom is -0.465 e. The third-order valence-electron chi connectivity index (χ3n) is 6.81. The van der Waals surface area contributed by atoms with E-state index in [4.69, 9.17) is 9.26 Å². The van der Waals surface area contributed by atoms with Gasteiger partial charge in [-0.05, 0) is 37.4 Å². The number of hydrogen-bond donors (Lipinski definition) is 1. The number of carbonyl (C=O) groups is 2. The molecule has 4 aromatic rings. The van der Waals surface area contributed by atoms with Crippen molar-refractivity contribution in [3.63, 3.8) is 0 Å². The van der Waals surface area contributed by atoms with Crippen LogP contribution in [0.2, 0.25) is 0 Å². The molecule has 1 aromatic heterocycles. The Kier molecular flexibility index (Phi) is 5.04. The Bertz CT molecular complexity index is 1470. The minimum absolute atomic E-state index is 0.0695. The van der Waals surface area contributed by atoms with E-state index in [1.165, 1.54) is 7.11 Å². The van der Waals surface area contributed by atoms with Crippen molar-refractivity contribution in [1.29, 1.82) is 0 Å². The lowest BCUT2D eigenvalue weighted by molar-refractivity contribution is 0.0600. The number of methoxy groups -OCH3 is 1. The van der Waals surface area contributed by atoms with E-state index in [-0.39, 0.29) is 5.78 Å². The van der Waals surface area contributed by atoms with E-state index in [1.54, 1.807) is 24.3 Å². The molecule has 2 aliphatic rings. The number of hydrogen-bond acceptors (Lipinski definition) is 8. The molecule has 0 bridgehead atoms. The first kappa shape index (κ1) is 21.4. The Morgan fingerprint density at radius 1 is 1.03 bits per heavy atom. The van der Waals surface area contributed by atoms with Crippen LogP contribution in [-0.2, 0) is 4.74 Å². The lowest BCUT2D eigenvalue weighted by atomic mass is 9.86. The molecule has 0 saturated carbocycles. The van der Waals surface area contributed by atoms with Gasteiger partial charge in [0.05, 0.1) is 35.0 Å². The summed E-state index contributed by atoms with van der Waals surface area (Å²) in [4.78, 5) is 30.1. The van der Waals surface area contributed by atoms with Gasteiger partial charge in [0.25, 0.3) is 0 Å².